The summed E-state index contributed by atoms with van der Waals surface area (Å²) in [6.07, 6.45) is 7.67. The van der Waals surface area contributed by atoms with E-state index in [0.717, 1.165) is 48.2 Å². The Morgan fingerprint density at radius 1 is 1.00 bits per heavy atom. The molecule has 0 radical (unpaired) electrons. The molecule has 1 saturated heterocycles. The molecule has 2 aromatic heterocycles. The number of carbonyl (C=O) groups excluding carboxylic acids is 2. The Morgan fingerprint density at radius 2 is 1.70 bits per heavy atom. The number of hydrogen-bond acceptors (Lipinski definition) is 5. The molecular formula is C36H39FN6O4. The van der Waals surface area contributed by atoms with E-state index in [4.69, 9.17) is 9.84 Å². The molecule has 0 unspecified atom stereocenters. The summed E-state index contributed by atoms with van der Waals surface area (Å²) in [7, 11) is 1.80. The average Bonchev–Trinajstić information content (AvgIpc) is 3.56. The van der Waals surface area contributed by atoms with Crippen molar-refractivity contribution in [2.45, 2.75) is 96.2 Å². The van der Waals surface area contributed by atoms with Crippen molar-refractivity contribution < 1.29 is 18.7 Å². The van der Waals surface area contributed by atoms with Crippen LogP contribution in [-0.2, 0) is 21.4 Å². The van der Waals surface area contributed by atoms with Crippen LogP contribution >= 0.6 is 0 Å². The first kappa shape index (κ1) is 29.7. The number of halogens is 1. The van der Waals surface area contributed by atoms with Crippen molar-refractivity contribution in [2.75, 3.05) is 11.9 Å². The fourth-order valence-electron chi connectivity index (χ4n) is 8.03. The first-order valence-corrected chi connectivity index (χ1v) is 16.4. The zero-order chi connectivity index (χ0) is 33.2. The van der Waals surface area contributed by atoms with Crippen molar-refractivity contribution in [1.82, 2.24) is 23.8 Å². The first-order valence-electron chi connectivity index (χ1n) is 16.4. The Bertz CT molecular complexity index is 2040. The number of anilines is 1. The molecule has 1 saturated carbocycles. The number of ether oxygens (including phenoxy) is 1. The van der Waals surface area contributed by atoms with Gasteiger partial charge in [-0.25, -0.2) is 18.7 Å². The van der Waals surface area contributed by atoms with Gasteiger partial charge < -0.3 is 9.64 Å². The van der Waals surface area contributed by atoms with Gasteiger partial charge in [0.2, 0.25) is 5.91 Å². The standard InChI is InChI=1S/C36H39FN6O4/c1-20-16-24(17-21(2)30(20)37)43-31(29-26(38-43)19-23-8-7-9-28(29)42(23)34(46)47-35(3,4)5)41-15-14-40(33(41)45)22-10-11-27-25(18-22)36(12-13-36)32(44)39(27)6/h10-11,14-18,23,28H,7-9,12-13,19H2,1-6H3/t23-,28+/m1/s1. The summed E-state index contributed by atoms with van der Waals surface area (Å²) in [6.45, 7) is 9.02. The molecule has 4 aromatic rings. The van der Waals surface area contributed by atoms with Gasteiger partial charge in [0.25, 0.3) is 0 Å². The van der Waals surface area contributed by atoms with Gasteiger partial charge in [-0.05, 0) is 114 Å². The SMILES string of the molecule is Cc1cc(-n2nc3c(c2-n2ccn(-c4ccc5c(c4)C4(CC4)C(=O)N5C)c2=O)[C@@H]2CCC[C@H](C3)N2C(=O)OC(C)(C)C)cc(C)c1F. The molecule has 2 atom stereocenters. The van der Waals surface area contributed by atoms with Crippen LogP contribution in [0.25, 0.3) is 17.2 Å². The van der Waals surface area contributed by atoms with E-state index in [-0.39, 0.29) is 35.6 Å². The summed E-state index contributed by atoms with van der Waals surface area (Å²) in [5.41, 5.74) is 4.28. The highest BCUT2D eigenvalue weighted by atomic mass is 19.1. The largest absolute Gasteiger partial charge is 0.444 e. The molecule has 244 valence electrons. The molecule has 10 nitrogen and oxygen atoms in total. The summed E-state index contributed by atoms with van der Waals surface area (Å²) >= 11 is 0. The zero-order valence-electron chi connectivity index (χ0n) is 27.6. The second kappa shape index (κ2) is 9.92. The van der Waals surface area contributed by atoms with E-state index in [2.05, 4.69) is 0 Å². The number of piperidine rings is 1. The number of carbonyl (C=O) groups is 2. The van der Waals surface area contributed by atoms with E-state index in [1.807, 2.05) is 43.9 Å². The molecule has 3 aliphatic heterocycles. The summed E-state index contributed by atoms with van der Waals surface area (Å²) < 4.78 is 25.6. The normalized spacial score (nSPS) is 20.9. The van der Waals surface area contributed by atoms with Crippen LogP contribution in [0.1, 0.15) is 86.9 Å². The maximum atomic E-state index is 14.8. The van der Waals surface area contributed by atoms with E-state index in [0.29, 0.717) is 41.2 Å². The Kier molecular flexibility index (Phi) is 6.27. The minimum absolute atomic E-state index is 0.0766. The second-order valence-corrected chi connectivity index (χ2v) is 14.7. The smallest absolute Gasteiger partial charge is 0.411 e. The van der Waals surface area contributed by atoms with E-state index in [1.165, 1.54) is 0 Å². The molecule has 8 rings (SSSR count). The fourth-order valence-corrected chi connectivity index (χ4v) is 8.03. The highest BCUT2D eigenvalue weighted by Gasteiger charge is 2.58. The van der Waals surface area contributed by atoms with Crippen molar-refractivity contribution in [1.29, 1.82) is 0 Å². The summed E-state index contributed by atoms with van der Waals surface area (Å²) in [4.78, 5) is 44.7. The molecule has 2 bridgehead atoms. The molecule has 5 heterocycles. The Labute approximate surface area is 272 Å². The number of aryl methyl sites for hydroxylation is 2. The molecule has 4 aliphatic rings. The molecule has 2 fully saturated rings. The van der Waals surface area contributed by atoms with Crippen molar-refractivity contribution in [3.05, 3.63) is 87.0 Å². The van der Waals surface area contributed by atoms with Gasteiger partial charge in [0, 0.05) is 43.2 Å². The van der Waals surface area contributed by atoms with E-state index in [9.17, 15) is 18.8 Å². The van der Waals surface area contributed by atoms with Gasteiger partial charge in [-0.2, -0.15) is 5.10 Å². The van der Waals surface area contributed by atoms with Crippen LogP contribution in [0.2, 0.25) is 0 Å². The number of imidazole rings is 1. The predicted octanol–water partition coefficient (Wildman–Crippen LogP) is 5.96. The van der Waals surface area contributed by atoms with Crippen LogP contribution in [0.15, 0.2) is 47.5 Å². The van der Waals surface area contributed by atoms with Gasteiger partial charge in [0.15, 0.2) is 0 Å². The van der Waals surface area contributed by atoms with Gasteiger partial charge in [-0.15, -0.1) is 0 Å². The summed E-state index contributed by atoms with van der Waals surface area (Å²) in [5, 5.41) is 5.08. The van der Waals surface area contributed by atoms with Gasteiger partial charge in [-0.1, -0.05) is 0 Å². The molecule has 0 N–H and O–H groups in total. The van der Waals surface area contributed by atoms with E-state index in [1.54, 1.807) is 64.1 Å². The minimum Gasteiger partial charge on any atom is -0.444 e. The van der Waals surface area contributed by atoms with Crippen LogP contribution in [0.5, 0.6) is 0 Å². The zero-order valence-corrected chi connectivity index (χ0v) is 27.6. The van der Waals surface area contributed by atoms with Crippen LogP contribution in [-0.4, -0.2) is 54.5 Å². The number of hydrogen-bond donors (Lipinski definition) is 0. The van der Waals surface area contributed by atoms with Crippen LogP contribution in [0.4, 0.5) is 14.9 Å². The molecule has 2 amide bonds. The average molecular weight is 639 g/mol. The highest BCUT2D eigenvalue weighted by molar-refractivity contribution is 6.10. The molecule has 47 heavy (non-hydrogen) atoms. The van der Waals surface area contributed by atoms with Gasteiger partial charge in [-0.3, -0.25) is 18.8 Å². The van der Waals surface area contributed by atoms with Crippen LogP contribution in [0, 0.1) is 19.7 Å². The monoisotopic (exact) mass is 638 g/mol. The Balaban J connectivity index is 1.31. The summed E-state index contributed by atoms with van der Waals surface area (Å²) in [6, 6.07) is 8.81. The van der Waals surface area contributed by atoms with E-state index >= 15 is 0 Å². The maximum absolute atomic E-state index is 14.8. The molecule has 1 aliphatic carbocycles. The second-order valence-electron chi connectivity index (χ2n) is 14.7. The first-order chi connectivity index (χ1) is 22.3. The minimum atomic E-state index is -0.662. The van der Waals surface area contributed by atoms with E-state index < -0.39 is 11.0 Å². The van der Waals surface area contributed by atoms with Crippen LogP contribution in [0.3, 0.4) is 0 Å². The number of likely N-dealkylation sites (N-methyl/N-ethyl adjacent to an activating group) is 1. The van der Waals surface area contributed by atoms with Crippen molar-refractivity contribution in [3.8, 4) is 17.2 Å². The topological polar surface area (TPSA) is 94.6 Å². The lowest BCUT2D eigenvalue weighted by Gasteiger charge is -2.45. The molecule has 2 aromatic carbocycles. The number of rotatable bonds is 3. The fraction of sp³-hybridized carbons (Fsp3) is 0.444. The quantitative estimate of drug-likeness (QED) is 0.276. The number of fused-ring (bicyclic) bond motifs is 6. The van der Waals surface area contributed by atoms with Crippen LogP contribution < -0.4 is 10.6 Å². The highest BCUT2D eigenvalue weighted by Crippen LogP contribution is 2.57. The lowest BCUT2D eigenvalue weighted by Crippen LogP contribution is -2.51. The van der Waals surface area contributed by atoms with Gasteiger partial charge >= 0.3 is 11.8 Å². The molecule has 1 spiro atoms. The van der Waals surface area contributed by atoms with Crippen molar-refractivity contribution in [2.24, 2.45) is 0 Å². The Morgan fingerprint density at radius 3 is 2.38 bits per heavy atom. The number of amides is 2. The third-order valence-corrected chi connectivity index (χ3v) is 10.4. The lowest BCUT2D eigenvalue weighted by molar-refractivity contribution is -0.119. The number of nitrogens with zero attached hydrogens (tertiary/aromatic N) is 6. The summed E-state index contributed by atoms with van der Waals surface area (Å²) in [5.74, 6) is 0.356. The van der Waals surface area contributed by atoms with Crippen molar-refractivity contribution >= 4 is 17.7 Å². The lowest BCUT2D eigenvalue weighted by atomic mass is 9.83. The molecular weight excluding hydrogens is 599 g/mol. The van der Waals surface area contributed by atoms with Gasteiger partial charge in [0.05, 0.1) is 28.5 Å². The predicted molar refractivity (Wildman–Crippen MR) is 174 cm³/mol. The third kappa shape index (κ3) is 4.34. The number of benzene rings is 2. The number of aromatic nitrogens is 4. The molecule has 11 heteroatoms. The maximum Gasteiger partial charge on any atom is 0.411 e. The van der Waals surface area contributed by atoms with Crippen molar-refractivity contribution in [3.63, 3.8) is 0 Å². The third-order valence-electron chi connectivity index (χ3n) is 10.4. The van der Waals surface area contributed by atoms with Gasteiger partial charge in [0.1, 0.15) is 17.2 Å². The Hall–Kier alpha value is -4.67.